The Bertz CT molecular complexity index is 787. The number of aryl methyl sites for hydroxylation is 1. The van der Waals surface area contributed by atoms with Crippen molar-refractivity contribution in [1.82, 2.24) is 0 Å². The minimum absolute atomic E-state index is 0.962. The van der Waals surface area contributed by atoms with E-state index in [4.69, 9.17) is 11.6 Å². The fraction of sp³-hybridized carbons (Fsp3) is 0.300. The lowest BCUT2D eigenvalue weighted by atomic mass is 9.92. The molecule has 3 aromatic rings. The number of hydrogen-bond donors (Lipinski definition) is 0. The molecule has 0 unspecified atom stereocenters. The van der Waals surface area contributed by atoms with Crippen LogP contribution < -0.4 is 0 Å². The van der Waals surface area contributed by atoms with E-state index in [0.29, 0.717) is 0 Å². The van der Waals surface area contributed by atoms with E-state index in [1.54, 1.807) is 0 Å². The van der Waals surface area contributed by atoms with Crippen LogP contribution in [0.25, 0.3) is 21.5 Å². The molecule has 0 N–H and O–H groups in total. The van der Waals surface area contributed by atoms with Crippen molar-refractivity contribution in [3.05, 3.63) is 58.6 Å². The second-order valence-corrected chi connectivity index (χ2v) is 6.09. The Hall–Kier alpha value is -1.53. The number of benzene rings is 3. The molecule has 108 valence electrons. The summed E-state index contributed by atoms with van der Waals surface area (Å²) in [5.41, 5.74) is 2.78. The number of halogens is 1. The van der Waals surface area contributed by atoms with Crippen LogP contribution in [0.5, 0.6) is 0 Å². The summed E-state index contributed by atoms with van der Waals surface area (Å²) < 4.78 is 0. The highest BCUT2D eigenvalue weighted by Gasteiger charge is 2.12. The van der Waals surface area contributed by atoms with Crippen LogP contribution in [0.4, 0.5) is 0 Å². The van der Waals surface area contributed by atoms with Crippen LogP contribution in [0, 0.1) is 0 Å². The van der Waals surface area contributed by atoms with Crippen LogP contribution in [-0.2, 0) is 12.8 Å². The van der Waals surface area contributed by atoms with Gasteiger partial charge in [0.1, 0.15) is 0 Å². The Labute approximate surface area is 131 Å². The van der Waals surface area contributed by atoms with Gasteiger partial charge in [-0.3, -0.25) is 0 Å². The summed E-state index contributed by atoms with van der Waals surface area (Å²) in [5.74, 6) is 0. The van der Waals surface area contributed by atoms with Crippen molar-refractivity contribution in [3.8, 4) is 0 Å². The van der Waals surface area contributed by atoms with Gasteiger partial charge in [0, 0.05) is 5.39 Å². The highest BCUT2D eigenvalue weighted by molar-refractivity contribution is 6.37. The van der Waals surface area contributed by atoms with Crippen molar-refractivity contribution in [2.75, 3.05) is 0 Å². The van der Waals surface area contributed by atoms with Gasteiger partial charge in [0.15, 0.2) is 0 Å². The van der Waals surface area contributed by atoms with Gasteiger partial charge in [-0.1, -0.05) is 80.8 Å². The first kappa shape index (κ1) is 14.4. The number of hydrogen-bond acceptors (Lipinski definition) is 0. The molecule has 0 atom stereocenters. The second-order valence-electron chi connectivity index (χ2n) is 5.71. The Morgan fingerprint density at radius 2 is 1.57 bits per heavy atom. The minimum Gasteiger partial charge on any atom is -0.0833 e. The highest BCUT2D eigenvalue weighted by atomic mass is 35.5. The van der Waals surface area contributed by atoms with Gasteiger partial charge in [-0.2, -0.15) is 0 Å². The Balaban J connectivity index is 2.38. The average molecular weight is 297 g/mol. The van der Waals surface area contributed by atoms with Crippen molar-refractivity contribution in [3.63, 3.8) is 0 Å². The molecule has 0 aliphatic rings. The molecule has 0 saturated heterocycles. The van der Waals surface area contributed by atoms with E-state index in [9.17, 15) is 0 Å². The predicted molar refractivity (Wildman–Crippen MR) is 94.5 cm³/mol. The quantitative estimate of drug-likeness (QED) is 0.479. The molecular formula is C20H21Cl. The van der Waals surface area contributed by atoms with E-state index < -0.39 is 0 Å². The molecule has 3 aromatic carbocycles. The SMILES string of the molecule is CCCc1cc2c(ccc3ccccc32)c(Cl)c1CCC. The van der Waals surface area contributed by atoms with Gasteiger partial charge in [0.05, 0.1) is 5.02 Å². The minimum atomic E-state index is 0.962. The van der Waals surface area contributed by atoms with Gasteiger partial charge < -0.3 is 0 Å². The third kappa shape index (κ3) is 2.53. The van der Waals surface area contributed by atoms with Crippen LogP contribution in [0.15, 0.2) is 42.5 Å². The first-order chi connectivity index (χ1) is 10.3. The van der Waals surface area contributed by atoms with Gasteiger partial charge in [-0.05, 0) is 40.1 Å². The predicted octanol–water partition coefficient (Wildman–Crippen LogP) is 6.55. The third-order valence-electron chi connectivity index (χ3n) is 4.20. The van der Waals surface area contributed by atoms with Crippen LogP contribution in [0.1, 0.15) is 37.8 Å². The molecule has 0 aromatic heterocycles. The maximum atomic E-state index is 6.76. The normalized spacial score (nSPS) is 11.4. The smallest absolute Gasteiger partial charge is 0.0519 e. The van der Waals surface area contributed by atoms with E-state index in [1.807, 2.05) is 0 Å². The Kier molecular flexibility index (Phi) is 4.17. The summed E-state index contributed by atoms with van der Waals surface area (Å²) >= 11 is 6.76. The molecule has 0 nitrogen and oxygen atoms in total. The number of rotatable bonds is 4. The summed E-state index contributed by atoms with van der Waals surface area (Å²) in [7, 11) is 0. The zero-order chi connectivity index (χ0) is 14.8. The molecule has 0 heterocycles. The van der Waals surface area contributed by atoms with E-state index in [2.05, 4.69) is 56.3 Å². The Morgan fingerprint density at radius 3 is 2.33 bits per heavy atom. The summed E-state index contributed by atoms with van der Waals surface area (Å²) in [6.45, 7) is 4.45. The van der Waals surface area contributed by atoms with Crippen molar-refractivity contribution < 1.29 is 0 Å². The van der Waals surface area contributed by atoms with Crippen molar-refractivity contribution in [2.45, 2.75) is 39.5 Å². The van der Waals surface area contributed by atoms with Crippen molar-refractivity contribution in [2.24, 2.45) is 0 Å². The molecule has 0 bridgehead atoms. The van der Waals surface area contributed by atoms with Gasteiger partial charge >= 0.3 is 0 Å². The van der Waals surface area contributed by atoms with Crippen molar-refractivity contribution in [1.29, 1.82) is 0 Å². The first-order valence-electron chi connectivity index (χ1n) is 7.88. The molecule has 1 heteroatoms. The monoisotopic (exact) mass is 296 g/mol. The third-order valence-corrected chi connectivity index (χ3v) is 4.63. The largest absolute Gasteiger partial charge is 0.0833 e. The van der Waals surface area contributed by atoms with Crippen LogP contribution in [0.3, 0.4) is 0 Å². The molecule has 0 spiro atoms. The average Bonchev–Trinajstić information content (AvgIpc) is 2.51. The lowest BCUT2D eigenvalue weighted by molar-refractivity contribution is 0.864. The van der Waals surface area contributed by atoms with Gasteiger partial charge in [-0.15, -0.1) is 0 Å². The summed E-state index contributed by atoms with van der Waals surface area (Å²) in [6.07, 6.45) is 4.46. The summed E-state index contributed by atoms with van der Waals surface area (Å²) in [6, 6.07) is 15.3. The second kappa shape index (κ2) is 6.07. The molecule has 0 aliphatic heterocycles. The lowest BCUT2D eigenvalue weighted by Crippen LogP contribution is -1.97. The van der Waals surface area contributed by atoms with E-state index >= 15 is 0 Å². The maximum absolute atomic E-state index is 6.76. The Morgan fingerprint density at radius 1 is 0.810 bits per heavy atom. The van der Waals surface area contributed by atoms with Crippen molar-refractivity contribution >= 4 is 33.1 Å². The summed E-state index contributed by atoms with van der Waals surface area (Å²) in [4.78, 5) is 0. The molecule has 0 fully saturated rings. The van der Waals surface area contributed by atoms with Gasteiger partial charge in [0.25, 0.3) is 0 Å². The topological polar surface area (TPSA) is 0 Å². The molecular weight excluding hydrogens is 276 g/mol. The zero-order valence-electron chi connectivity index (χ0n) is 12.7. The van der Waals surface area contributed by atoms with Gasteiger partial charge in [-0.25, -0.2) is 0 Å². The molecule has 0 saturated carbocycles. The zero-order valence-corrected chi connectivity index (χ0v) is 13.5. The van der Waals surface area contributed by atoms with E-state index in [-0.39, 0.29) is 0 Å². The molecule has 0 aliphatic carbocycles. The standard InChI is InChI=1S/C20H21Cl/c1-3-7-15-13-19-16-10-6-5-9-14(16)11-12-18(19)20(21)17(15)8-4-2/h5-6,9-13H,3-4,7-8H2,1-2H3. The molecule has 3 rings (SSSR count). The summed E-state index contributed by atoms with van der Waals surface area (Å²) in [5, 5.41) is 6.03. The molecule has 0 amide bonds. The molecule has 0 radical (unpaired) electrons. The fourth-order valence-electron chi connectivity index (χ4n) is 3.22. The fourth-order valence-corrected chi connectivity index (χ4v) is 3.60. The molecule has 21 heavy (non-hydrogen) atoms. The highest BCUT2D eigenvalue weighted by Crippen LogP contribution is 2.35. The van der Waals surface area contributed by atoms with E-state index in [0.717, 1.165) is 30.7 Å². The van der Waals surface area contributed by atoms with Crippen LogP contribution in [0.2, 0.25) is 5.02 Å². The number of fused-ring (bicyclic) bond motifs is 3. The first-order valence-corrected chi connectivity index (χ1v) is 8.25. The van der Waals surface area contributed by atoms with E-state index in [1.165, 1.54) is 32.7 Å². The lowest BCUT2D eigenvalue weighted by Gasteiger charge is -2.15. The maximum Gasteiger partial charge on any atom is 0.0519 e. The van der Waals surface area contributed by atoms with Crippen LogP contribution in [-0.4, -0.2) is 0 Å². The van der Waals surface area contributed by atoms with Crippen LogP contribution >= 0.6 is 11.6 Å². The van der Waals surface area contributed by atoms with Gasteiger partial charge in [0.2, 0.25) is 0 Å².